The summed E-state index contributed by atoms with van der Waals surface area (Å²) in [4.78, 5) is 0. The zero-order chi connectivity index (χ0) is 8.27. The molecular weight excluding hydrogens is 167 g/mol. The number of benzene rings is 1. The quantitative estimate of drug-likeness (QED) is 0.532. The number of nitrogen functional groups attached to an aromatic ring is 1. The predicted molar refractivity (Wildman–Crippen MR) is 44.1 cm³/mol. The van der Waals surface area contributed by atoms with Gasteiger partial charge in [0.05, 0.1) is 0 Å². The Bertz CT molecular complexity index is 252. The van der Waals surface area contributed by atoms with Crippen LogP contribution in [-0.2, 0) is 6.67 Å². The lowest BCUT2D eigenvalue weighted by atomic mass is 10.2. The first-order valence-corrected chi connectivity index (χ1v) is 3.46. The Morgan fingerprint density at radius 1 is 1.55 bits per heavy atom. The summed E-state index contributed by atoms with van der Waals surface area (Å²) in [6.45, 7) is -0.552. The minimum atomic E-state index is -0.552. The van der Waals surface area contributed by atoms with Crippen LogP contribution in [0.25, 0.3) is 0 Å². The number of halogens is 2. The molecule has 4 heteroatoms. The van der Waals surface area contributed by atoms with Crippen molar-refractivity contribution < 1.29 is 4.39 Å². The zero-order valence-electron chi connectivity index (χ0n) is 5.77. The van der Waals surface area contributed by atoms with E-state index >= 15 is 0 Å². The molecule has 0 saturated carbocycles. The topological polar surface area (TPSA) is 38.0 Å². The normalized spacial score (nSPS) is 9.73. The molecule has 0 spiro atoms. The molecule has 0 atom stereocenters. The molecule has 0 aliphatic rings. The fourth-order valence-electron chi connectivity index (χ4n) is 0.745. The highest BCUT2D eigenvalue weighted by Crippen LogP contribution is 2.20. The molecule has 3 N–H and O–H groups in total. The molecule has 1 aromatic rings. The van der Waals surface area contributed by atoms with E-state index in [1.807, 2.05) is 0 Å². The van der Waals surface area contributed by atoms with Crippen LogP contribution in [0, 0.1) is 0 Å². The number of hydrazine groups is 1. The van der Waals surface area contributed by atoms with Crippen LogP contribution in [0.3, 0.4) is 0 Å². The van der Waals surface area contributed by atoms with E-state index in [2.05, 4.69) is 5.43 Å². The summed E-state index contributed by atoms with van der Waals surface area (Å²) in [5.41, 5.74) is 3.56. The van der Waals surface area contributed by atoms with E-state index < -0.39 is 6.67 Å². The second-order valence-corrected chi connectivity index (χ2v) is 2.49. The van der Waals surface area contributed by atoms with Crippen LogP contribution in [-0.4, -0.2) is 0 Å². The van der Waals surface area contributed by atoms with Crippen molar-refractivity contribution in [3.63, 3.8) is 0 Å². The van der Waals surface area contributed by atoms with Gasteiger partial charge in [-0.15, -0.1) is 0 Å². The molecule has 0 aliphatic carbocycles. The summed E-state index contributed by atoms with van der Waals surface area (Å²) >= 11 is 5.67. The Kier molecular flexibility index (Phi) is 2.68. The molecule has 1 aromatic carbocycles. The van der Waals surface area contributed by atoms with Crippen molar-refractivity contribution in [3.8, 4) is 0 Å². The van der Waals surface area contributed by atoms with Gasteiger partial charge in [-0.2, -0.15) is 0 Å². The molecule has 2 nitrogen and oxygen atoms in total. The largest absolute Gasteiger partial charge is 0.324 e. The Morgan fingerprint density at radius 3 is 2.73 bits per heavy atom. The Hall–Kier alpha value is -0.800. The van der Waals surface area contributed by atoms with Crippen molar-refractivity contribution >= 4 is 17.3 Å². The van der Waals surface area contributed by atoms with Crippen molar-refractivity contribution in [2.75, 3.05) is 5.43 Å². The second-order valence-electron chi connectivity index (χ2n) is 2.08. The number of hydrogen-bond donors (Lipinski definition) is 2. The van der Waals surface area contributed by atoms with Crippen LogP contribution in [0.1, 0.15) is 5.56 Å². The summed E-state index contributed by atoms with van der Waals surface area (Å²) in [5, 5.41) is 0.392. The van der Waals surface area contributed by atoms with Gasteiger partial charge >= 0.3 is 0 Å². The Morgan fingerprint density at radius 2 is 2.27 bits per heavy atom. The molecule has 0 unspecified atom stereocenters. The first-order chi connectivity index (χ1) is 5.27. The number of nitrogens with one attached hydrogen (secondary N) is 1. The lowest BCUT2D eigenvalue weighted by Crippen LogP contribution is -2.06. The minimum absolute atomic E-state index is 0.392. The summed E-state index contributed by atoms with van der Waals surface area (Å²) in [7, 11) is 0. The van der Waals surface area contributed by atoms with Crippen molar-refractivity contribution in [1.29, 1.82) is 0 Å². The van der Waals surface area contributed by atoms with E-state index in [1.54, 1.807) is 18.2 Å². The van der Waals surface area contributed by atoms with Crippen LogP contribution >= 0.6 is 11.6 Å². The molecule has 0 heterocycles. The second kappa shape index (κ2) is 3.55. The fraction of sp³-hybridized carbons (Fsp3) is 0.143. The monoisotopic (exact) mass is 174 g/mol. The molecule has 0 aliphatic heterocycles. The Labute approximate surface area is 69.1 Å². The van der Waals surface area contributed by atoms with Crippen molar-refractivity contribution in [2.24, 2.45) is 5.84 Å². The summed E-state index contributed by atoms with van der Waals surface area (Å²) < 4.78 is 12.1. The molecule has 0 radical (unpaired) electrons. The average Bonchev–Trinajstić information content (AvgIpc) is 2.04. The molecule has 0 fully saturated rings. The molecule has 1 rings (SSSR count). The van der Waals surface area contributed by atoms with Gasteiger partial charge in [0, 0.05) is 16.3 Å². The Balaban J connectivity index is 2.99. The van der Waals surface area contributed by atoms with E-state index in [0.717, 1.165) is 0 Å². The van der Waals surface area contributed by atoms with Crippen LogP contribution in [0.15, 0.2) is 18.2 Å². The van der Waals surface area contributed by atoms with E-state index in [0.29, 0.717) is 16.3 Å². The molecule has 11 heavy (non-hydrogen) atoms. The van der Waals surface area contributed by atoms with Gasteiger partial charge in [-0.25, -0.2) is 4.39 Å². The molecule has 0 aromatic heterocycles. The van der Waals surface area contributed by atoms with Crippen molar-refractivity contribution in [1.82, 2.24) is 0 Å². The number of nitrogens with two attached hydrogens (primary N) is 1. The van der Waals surface area contributed by atoms with E-state index in [-0.39, 0.29) is 0 Å². The number of hydrogen-bond acceptors (Lipinski definition) is 2. The van der Waals surface area contributed by atoms with Gasteiger partial charge in [0.25, 0.3) is 0 Å². The molecule has 0 amide bonds. The third kappa shape index (κ3) is 1.82. The number of alkyl halides is 1. The third-order valence-corrected chi connectivity index (χ3v) is 1.72. The molecular formula is C7H8ClFN2. The van der Waals surface area contributed by atoms with Gasteiger partial charge in [0.2, 0.25) is 0 Å². The fourth-order valence-corrected chi connectivity index (χ4v) is 0.977. The molecule has 0 saturated heterocycles. The molecule has 60 valence electrons. The number of rotatable bonds is 2. The van der Waals surface area contributed by atoms with Crippen molar-refractivity contribution in [2.45, 2.75) is 6.67 Å². The SMILES string of the molecule is NNc1ccc(CF)c(Cl)c1. The highest BCUT2D eigenvalue weighted by molar-refractivity contribution is 6.31. The van der Waals surface area contributed by atoms with Gasteiger partial charge in [-0.1, -0.05) is 17.7 Å². The van der Waals surface area contributed by atoms with Crippen LogP contribution in [0.4, 0.5) is 10.1 Å². The van der Waals surface area contributed by atoms with E-state index in [9.17, 15) is 4.39 Å². The lowest BCUT2D eigenvalue weighted by molar-refractivity contribution is 0.485. The van der Waals surface area contributed by atoms with Crippen LogP contribution in [0.2, 0.25) is 5.02 Å². The standard InChI is InChI=1S/C7H8ClFN2/c8-7-3-6(11-10)2-1-5(7)4-9/h1-3,11H,4,10H2. The van der Waals surface area contributed by atoms with E-state index in [4.69, 9.17) is 17.4 Å². The maximum absolute atomic E-state index is 12.1. The summed E-state index contributed by atoms with van der Waals surface area (Å²) in [6, 6.07) is 4.84. The van der Waals surface area contributed by atoms with Gasteiger partial charge < -0.3 is 5.43 Å². The van der Waals surface area contributed by atoms with Gasteiger partial charge in [0.15, 0.2) is 0 Å². The minimum Gasteiger partial charge on any atom is -0.324 e. The van der Waals surface area contributed by atoms with Gasteiger partial charge in [-0.05, 0) is 12.1 Å². The van der Waals surface area contributed by atoms with E-state index in [1.165, 1.54) is 0 Å². The van der Waals surface area contributed by atoms with Gasteiger partial charge in [-0.3, -0.25) is 5.84 Å². The maximum Gasteiger partial charge on any atom is 0.116 e. The van der Waals surface area contributed by atoms with Crippen LogP contribution < -0.4 is 11.3 Å². The van der Waals surface area contributed by atoms with Crippen molar-refractivity contribution in [3.05, 3.63) is 28.8 Å². The third-order valence-electron chi connectivity index (χ3n) is 1.36. The highest BCUT2D eigenvalue weighted by atomic mass is 35.5. The first kappa shape index (κ1) is 8.30. The first-order valence-electron chi connectivity index (χ1n) is 3.09. The van der Waals surface area contributed by atoms with Gasteiger partial charge in [0.1, 0.15) is 6.67 Å². The smallest absolute Gasteiger partial charge is 0.116 e. The van der Waals surface area contributed by atoms with Crippen LogP contribution in [0.5, 0.6) is 0 Å². The molecule has 0 bridgehead atoms. The summed E-state index contributed by atoms with van der Waals surface area (Å²) in [5.74, 6) is 5.11. The average molecular weight is 175 g/mol. The predicted octanol–water partition coefficient (Wildman–Crippen LogP) is 2.10. The lowest BCUT2D eigenvalue weighted by Gasteiger charge is -2.02. The zero-order valence-corrected chi connectivity index (χ0v) is 6.53. The maximum atomic E-state index is 12.1. The summed E-state index contributed by atoms with van der Waals surface area (Å²) in [6.07, 6.45) is 0. The number of anilines is 1. The highest BCUT2D eigenvalue weighted by Gasteiger charge is 1.99.